The van der Waals surface area contributed by atoms with E-state index in [4.69, 9.17) is 8.37 Å². The molecule has 1 saturated carbocycles. The van der Waals surface area contributed by atoms with Gasteiger partial charge in [-0.25, -0.2) is 0 Å². The summed E-state index contributed by atoms with van der Waals surface area (Å²) in [5.74, 6) is 0. The van der Waals surface area contributed by atoms with E-state index in [1.54, 1.807) is 36.4 Å². The molecule has 0 heterocycles. The van der Waals surface area contributed by atoms with E-state index in [0.29, 0.717) is 19.3 Å². The molecule has 8 heteroatoms. The van der Waals surface area contributed by atoms with Crippen molar-refractivity contribution in [2.45, 2.75) is 47.7 Å². The Kier molecular flexibility index (Phi) is 6.92. The fraction of sp³-hybridized carbons (Fsp3) is 0.273. The second kappa shape index (κ2) is 9.26. The molecule has 1 aliphatic rings. The van der Waals surface area contributed by atoms with E-state index in [2.05, 4.69) is 13.2 Å². The number of hydrogen-bond acceptors (Lipinski definition) is 6. The molecule has 30 heavy (non-hydrogen) atoms. The van der Waals surface area contributed by atoms with Gasteiger partial charge < -0.3 is 0 Å². The van der Waals surface area contributed by atoms with E-state index >= 15 is 0 Å². The van der Waals surface area contributed by atoms with Crippen LogP contribution in [0.25, 0.3) is 12.2 Å². The summed E-state index contributed by atoms with van der Waals surface area (Å²) < 4.78 is 61.0. The van der Waals surface area contributed by atoms with Crippen molar-refractivity contribution in [2.75, 3.05) is 0 Å². The highest BCUT2D eigenvalue weighted by Crippen LogP contribution is 2.29. The second-order valence-corrected chi connectivity index (χ2v) is 10.2. The van der Waals surface area contributed by atoms with Crippen LogP contribution < -0.4 is 0 Å². The summed E-state index contributed by atoms with van der Waals surface area (Å²) in [4.78, 5) is 0.0946. The van der Waals surface area contributed by atoms with Crippen molar-refractivity contribution in [2.24, 2.45) is 0 Å². The minimum atomic E-state index is -3.96. The molecule has 160 valence electrons. The first-order valence-electron chi connectivity index (χ1n) is 9.55. The van der Waals surface area contributed by atoms with Gasteiger partial charge in [-0.3, -0.25) is 8.37 Å². The van der Waals surface area contributed by atoms with Crippen molar-refractivity contribution in [3.05, 3.63) is 72.8 Å². The molecule has 0 spiro atoms. The zero-order chi connectivity index (χ0) is 21.8. The first kappa shape index (κ1) is 22.4. The van der Waals surface area contributed by atoms with E-state index in [-0.39, 0.29) is 16.2 Å². The Morgan fingerprint density at radius 2 is 1.07 bits per heavy atom. The van der Waals surface area contributed by atoms with Crippen LogP contribution in [0.4, 0.5) is 0 Å². The third-order valence-electron chi connectivity index (χ3n) is 4.91. The van der Waals surface area contributed by atoms with Crippen molar-refractivity contribution in [1.29, 1.82) is 0 Å². The molecule has 2 aromatic rings. The van der Waals surface area contributed by atoms with Crippen molar-refractivity contribution >= 4 is 32.4 Å². The van der Waals surface area contributed by atoms with E-state index in [9.17, 15) is 16.8 Å². The number of rotatable bonds is 8. The van der Waals surface area contributed by atoms with Gasteiger partial charge in [0.1, 0.15) is 0 Å². The van der Waals surface area contributed by atoms with Crippen molar-refractivity contribution in [3.63, 3.8) is 0 Å². The summed E-state index contributed by atoms with van der Waals surface area (Å²) in [6.07, 6.45) is 3.74. The number of benzene rings is 2. The van der Waals surface area contributed by atoms with Crippen LogP contribution in [0.1, 0.15) is 36.8 Å². The standard InChI is InChI=1S/C22H24O6S2/c1-3-17-8-12-21(13-9-17)29(23,24)27-19-6-5-7-20(16-19)28-30(25,26)22-14-10-18(4-2)11-15-22/h3-4,8-15,19-20H,1-2,5-7,16H2. The largest absolute Gasteiger partial charge is 0.297 e. The topological polar surface area (TPSA) is 86.7 Å². The highest BCUT2D eigenvalue weighted by atomic mass is 32.2. The average Bonchev–Trinajstić information content (AvgIpc) is 2.73. The Morgan fingerprint density at radius 1 is 0.700 bits per heavy atom. The lowest BCUT2D eigenvalue weighted by atomic mass is 9.95. The maximum Gasteiger partial charge on any atom is 0.297 e. The van der Waals surface area contributed by atoms with Crippen LogP contribution in [0, 0.1) is 0 Å². The molecule has 0 bridgehead atoms. The van der Waals surface area contributed by atoms with Crippen LogP contribution in [0.15, 0.2) is 71.5 Å². The quantitative estimate of drug-likeness (QED) is 0.557. The molecule has 0 saturated heterocycles. The molecule has 3 rings (SSSR count). The predicted molar refractivity (Wildman–Crippen MR) is 116 cm³/mol. The van der Waals surface area contributed by atoms with Gasteiger partial charge in [0.05, 0.1) is 22.0 Å². The summed E-state index contributed by atoms with van der Waals surface area (Å²) in [5.41, 5.74) is 1.60. The van der Waals surface area contributed by atoms with Crippen LogP contribution in [-0.4, -0.2) is 29.0 Å². The van der Waals surface area contributed by atoms with Crippen LogP contribution in [0.2, 0.25) is 0 Å². The fourth-order valence-corrected chi connectivity index (χ4v) is 5.51. The Morgan fingerprint density at radius 3 is 1.40 bits per heavy atom. The van der Waals surface area contributed by atoms with Crippen molar-refractivity contribution in [1.82, 2.24) is 0 Å². The molecular formula is C22H24O6S2. The highest BCUT2D eigenvalue weighted by Gasteiger charge is 2.31. The van der Waals surface area contributed by atoms with E-state index in [0.717, 1.165) is 11.1 Å². The molecule has 2 aromatic carbocycles. The van der Waals surface area contributed by atoms with Gasteiger partial charge in [-0.05, 0) is 54.7 Å². The Balaban J connectivity index is 1.66. The minimum Gasteiger partial charge on any atom is -0.263 e. The van der Waals surface area contributed by atoms with E-state index < -0.39 is 32.4 Å². The molecule has 0 aliphatic heterocycles. The summed E-state index contributed by atoms with van der Waals surface area (Å²) in [7, 11) is -7.92. The molecule has 0 N–H and O–H groups in total. The predicted octanol–water partition coefficient (Wildman–Crippen LogP) is 4.39. The lowest BCUT2D eigenvalue weighted by Gasteiger charge is -2.28. The van der Waals surface area contributed by atoms with Crippen LogP contribution >= 0.6 is 0 Å². The van der Waals surface area contributed by atoms with Crippen LogP contribution in [0.3, 0.4) is 0 Å². The Hall–Kier alpha value is -2.26. The van der Waals surface area contributed by atoms with Crippen LogP contribution in [0.5, 0.6) is 0 Å². The summed E-state index contributed by atoms with van der Waals surface area (Å²) >= 11 is 0. The lowest BCUT2D eigenvalue weighted by molar-refractivity contribution is 0.0759. The van der Waals surface area contributed by atoms with Gasteiger partial charge >= 0.3 is 0 Å². The normalized spacial score (nSPS) is 19.9. The van der Waals surface area contributed by atoms with Gasteiger partial charge in [0.2, 0.25) is 0 Å². The third kappa shape index (κ3) is 5.46. The average molecular weight is 449 g/mol. The van der Waals surface area contributed by atoms with Gasteiger partial charge in [0.25, 0.3) is 20.2 Å². The highest BCUT2D eigenvalue weighted by molar-refractivity contribution is 7.87. The molecular weight excluding hydrogens is 424 g/mol. The molecule has 2 atom stereocenters. The Labute approximate surface area is 178 Å². The van der Waals surface area contributed by atoms with Gasteiger partial charge in [-0.1, -0.05) is 49.6 Å². The zero-order valence-electron chi connectivity index (χ0n) is 16.4. The number of hydrogen-bond donors (Lipinski definition) is 0. The summed E-state index contributed by atoms with van der Waals surface area (Å²) in [6.45, 7) is 7.27. The maximum absolute atomic E-state index is 12.6. The summed E-state index contributed by atoms with van der Waals surface area (Å²) in [6, 6.07) is 12.4. The molecule has 0 aromatic heterocycles. The van der Waals surface area contributed by atoms with Crippen molar-refractivity contribution < 1.29 is 25.2 Å². The van der Waals surface area contributed by atoms with Gasteiger partial charge in [-0.15, -0.1) is 0 Å². The second-order valence-electron chi connectivity index (χ2n) is 7.06. The molecule has 0 radical (unpaired) electrons. The lowest BCUT2D eigenvalue weighted by Crippen LogP contribution is -2.31. The van der Waals surface area contributed by atoms with E-state index in [1.165, 1.54) is 24.3 Å². The zero-order valence-corrected chi connectivity index (χ0v) is 18.1. The van der Waals surface area contributed by atoms with Crippen LogP contribution in [-0.2, 0) is 28.6 Å². The molecule has 1 aliphatic carbocycles. The first-order chi connectivity index (χ1) is 14.2. The third-order valence-corrected chi connectivity index (χ3v) is 7.66. The smallest absolute Gasteiger partial charge is 0.263 e. The molecule has 0 amide bonds. The van der Waals surface area contributed by atoms with Gasteiger partial charge in [0.15, 0.2) is 0 Å². The summed E-state index contributed by atoms with van der Waals surface area (Å²) in [5, 5.41) is 0. The molecule has 1 fully saturated rings. The van der Waals surface area contributed by atoms with Crippen molar-refractivity contribution in [3.8, 4) is 0 Å². The monoisotopic (exact) mass is 448 g/mol. The first-order valence-corrected chi connectivity index (χ1v) is 12.4. The maximum atomic E-state index is 12.6. The molecule has 2 unspecified atom stereocenters. The Bertz CT molecular complexity index is 1010. The minimum absolute atomic E-state index is 0.0473. The van der Waals surface area contributed by atoms with Gasteiger partial charge in [-0.2, -0.15) is 16.8 Å². The van der Waals surface area contributed by atoms with E-state index in [1.807, 2.05) is 0 Å². The fourth-order valence-electron chi connectivity index (χ4n) is 3.29. The SMILES string of the molecule is C=Cc1ccc(S(=O)(=O)OC2CCCC(OS(=O)(=O)c3ccc(C=C)cc3)C2)cc1. The molecule has 6 nitrogen and oxygen atoms in total. The van der Waals surface area contributed by atoms with Gasteiger partial charge in [0, 0.05) is 6.42 Å².